The van der Waals surface area contributed by atoms with Crippen LogP contribution in [-0.4, -0.2) is 45.8 Å². The maximum Gasteiger partial charge on any atom is 0.265 e. The highest BCUT2D eigenvalue weighted by Crippen LogP contribution is 2.31. The Kier molecular flexibility index (Phi) is 3.87. The van der Waals surface area contributed by atoms with E-state index >= 15 is 0 Å². The van der Waals surface area contributed by atoms with Crippen LogP contribution >= 0.6 is 0 Å². The SMILES string of the molecule is Cc1nnc2n1C[C@H](NC(=O)CN1C(=O)COc3ccccc31)CC2. The van der Waals surface area contributed by atoms with Gasteiger partial charge in [-0.05, 0) is 25.5 Å². The highest BCUT2D eigenvalue weighted by Gasteiger charge is 2.28. The Hall–Kier alpha value is -2.90. The van der Waals surface area contributed by atoms with Crippen LogP contribution in [-0.2, 0) is 22.6 Å². The number of para-hydroxylation sites is 2. The molecule has 0 unspecified atom stereocenters. The molecule has 0 aliphatic carbocycles. The number of carbonyl (C=O) groups is 2. The summed E-state index contributed by atoms with van der Waals surface area (Å²) in [6.07, 6.45) is 1.60. The largest absolute Gasteiger partial charge is 0.482 e. The molecule has 1 N–H and O–H groups in total. The first-order valence-electron chi connectivity index (χ1n) is 8.32. The number of amides is 2. The standard InChI is InChI=1S/C17H19N5O3/c1-11-19-20-15-7-6-12(8-21(11)15)18-16(23)9-22-13-4-2-3-5-14(13)25-10-17(22)24/h2-5,12H,6-10H2,1H3,(H,18,23)/t12-/m1/s1. The van der Waals surface area contributed by atoms with E-state index in [1.54, 1.807) is 12.1 Å². The molecule has 25 heavy (non-hydrogen) atoms. The molecule has 0 radical (unpaired) electrons. The number of ether oxygens (including phenoxy) is 1. The van der Waals surface area contributed by atoms with Crippen molar-refractivity contribution < 1.29 is 14.3 Å². The third-order valence-electron chi connectivity index (χ3n) is 4.61. The van der Waals surface area contributed by atoms with Gasteiger partial charge in [-0.2, -0.15) is 0 Å². The minimum atomic E-state index is -0.213. The van der Waals surface area contributed by atoms with Crippen molar-refractivity contribution in [2.75, 3.05) is 18.1 Å². The van der Waals surface area contributed by atoms with Crippen molar-refractivity contribution in [3.63, 3.8) is 0 Å². The van der Waals surface area contributed by atoms with Crippen molar-refractivity contribution in [1.82, 2.24) is 20.1 Å². The van der Waals surface area contributed by atoms with Gasteiger partial charge in [0, 0.05) is 19.0 Å². The number of nitrogens with one attached hydrogen (secondary N) is 1. The van der Waals surface area contributed by atoms with Crippen molar-refractivity contribution in [3.05, 3.63) is 35.9 Å². The maximum atomic E-state index is 12.5. The topological polar surface area (TPSA) is 89.4 Å². The maximum absolute atomic E-state index is 12.5. The summed E-state index contributed by atoms with van der Waals surface area (Å²) in [5.74, 6) is 2.04. The number of hydrogen-bond donors (Lipinski definition) is 1. The van der Waals surface area contributed by atoms with Gasteiger partial charge >= 0.3 is 0 Å². The van der Waals surface area contributed by atoms with Gasteiger partial charge in [0.05, 0.1) is 5.69 Å². The highest BCUT2D eigenvalue weighted by atomic mass is 16.5. The van der Waals surface area contributed by atoms with Crippen LogP contribution in [0.2, 0.25) is 0 Å². The van der Waals surface area contributed by atoms with Crippen LogP contribution in [0.1, 0.15) is 18.1 Å². The lowest BCUT2D eigenvalue weighted by atomic mass is 10.1. The van der Waals surface area contributed by atoms with Crippen molar-refractivity contribution in [2.45, 2.75) is 32.4 Å². The van der Waals surface area contributed by atoms with Crippen LogP contribution in [0.5, 0.6) is 5.75 Å². The first-order chi connectivity index (χ1) is 12.1. The van der Waals surface area contributed by atoms with E-state index in [4.69, 9.17) is 4.74 Å². The van der Waals surface area contributed by atoms with E-state index in [1.165, 1.54) is 4.90 Å². The summed E-state index contributed by atoms with van der Waals surface area (Å²) in [6, 6.07) is 7.26. The summed E-state index contributed by atoms with van der Waals surface area (Å²) in [4.78, 5) is 26.1. The fourth-order valence-electron chi connectivity index (χ4n) is 3.32. The summed E-state index contributed by atoms with van der Waals surface area (Å²) >= 11 is 0. The van der Waals surface area contributed by atoms with Gasteiger partial charge in [0.1, 0.15) is 23.9 Å². The van der Waals surface area contributed by atoms with E-state index in [-0.39, 0.29) is 31.0 Å². The van der Waals surface area contributed by atoms with Crippen LogP contribution in [0.4, 0.5) is 5.69 Å². The van der Waals surface area contributed by atoms with Gasteiger partial charge in [-0.25, -0.2) is 0 Å². The third-order valence-corrected chi connectivity index (χ3v) is 4.61. The molecule has 1 atom stereocenters. The minimum Gasteiger partial charge on any atom is -0.482 e. The molecule has 2 aliphatic rings. The van der Waals surface area contributed by atoms with Gasteiger partial charge in [0.25, 0.3) is 5.91 Å². The Morgan fingerprint density at radius 3 is 3.08 bits per heavy atom. The zero-order chi connectivity index (χ0) is 17.4. The molecule has 130 valence electrons. The number of aromatic nitrogens is 3. The Morgan fingerprint density at radius 2 is 2.20 bits per heavy atom. The van der Waals surface area contributed by atoms with Gasteiger partial charge in [0.15, 0.2) is 6.61 Å². The molecule has 8 nitrogen and oxygen atoms in total. The normalized spacial score (nSPS) is 19.0. The number of carbonyl (C=O) groups excluding carboxylic acids is 2. The molecule has 0 saturated carbocycles. The van der Waals surface area contributed by atoms with Crippen molar-refractivity contribution in [1.29, 1.82) is 0 Å². The lowest BCUT2D eigenvalue weighted by Crippen LogP contribution is -2.49. The van der Waals surface area contributed by atoms with E-state index in [0.29, 0.717) is 18.0 Å². The number of hydrogen-bond acceptors (Lipinski definition) is 5. The first kappa shape index (κ1) is 15.6. The molecule has 3 heterocycles. The zero-order valence-electron chi connectivity index (χ0n) is 13.9. The summed E-state index contributed by atoms with van der Waals surface area (Å²) < 4.78 is 7.43. The Labute approximate surface area is 144 Å². The Morgan fingerprint density at radius 1 is 1.36 bits per heavy atom. The predicted molar refractivity (Wildman–Crippen MR) is 89.3 cm³/mol. The highest BCUT2D eigenvalue weighted by molar-refractivity contribution is 6.02. The number of nitrogens with zero attached hydrogens (tertiary/aromatic N) is 4. The van der Waals surface area contributed by atoms with Gasteiger partial charge in [-0.1, -0.05) is 12.1 Å². The number of rotatable bonds is 3. The molecular weight excluding hydrogens is 322 g/mol. The molecular formula is C17H19N5O3. The molecule has 2 amide bonds. The van der Waals surface area contributed by atoms with Crippen molar-refractivity contribution >= 4 is 17.5 Å². The first-order valence-corrected chi connectivity index (χ1v) is 8.32. The molecule has 1 aromatic carbocycles. The molecule has 0 spiro atoms. The summed E-state index contributed by atoms with van der Waals surface area (Å²) in [5.41, 5.74) is 0.634. The van der Waals surface area contributed by atoms with Crippen LogP contribution in [0.15, 0.2) is 24.3 Å². The zero-order valence-corrected chi connectivity index (χ0v) is 13.9. The van der Waals surface area contributed by atoms with E-state index in [0.717, 1.165) is 24.5 Å². The number of aryl methyl sites for hydroxylation is 2. The number of anilines is 1. The average Bonchev–Trinajstić information content (AvgIpc) is 2.98. The molecule has 0 fully saturated rings. The number of fused-ring (bicyclic) bond motifs is 2. The second kappa shape index (κ2) is 6.19. The van der Waals surface area contributed by atoms with E-state index in [1.807, 2.05) is 23.6 Å². The summed E-state index contributed by atoms with van der Waals surface area (Å²) in [7, 11) is 0. The molecule has 0 saturated heterocycles. The fraction of sp³-hybridized carbons (Fsp3) is 0.412. The minimum absolute atomic E-state index is 0.0102. The molecule has 8 heteroatoms. The van der Waals surface area contributed by atoms with Crippen LogP contribution in [0.25, 0.3) is 0 Å². The average molecular weight is 341 g/mol. The van der Waals surface area contributed by atoms with Crippen LogP contribution in [0, 0.1) is 6.92 Å². The van der Waals surface area contributed by atoms with Crippen LogP contribution in [0.3, 0.4) is 0 Å². The lowest BCUT2D eigenvalue weighted by molar-refractivity contribution is -0.125. The molecule has 0 bridgehead atoms. The van der Waals surface area contributed by atoms with Gasteiger partial charge in [-0.15, -0.1) is 10.2 Å². The monoisotopic (exact) mass is 341 g/mol. The quantitative estimate of drug-likeness (QED) is 0.875. The third kappa shape index (κ3) is 2.95. The molecule has 2 aliphatic heterocycles. The second-order valence-corrected chi connectivity index (χ2v) is 6.31. The smallest absolute Gasteiger partial charge is 0.265 e. The van der Waals surface area contributed by atoms with Crippen LogP contribution < -0.4 is 15.0 Å². The molecule has 1 aromatic heterocycles. The molecule has 4 rings (SSSR count). The molecule has 2 aromatic rings. The predicted octanol–water partition coefficient (Wildman–Crippen LogP) is 0.443. The van der Waals surface area contributed by atoms with Gasteiger partial charge in [0.2, 0.25) is 5.91 Å². The van der Waals surface area contributed by atoms with E-state index in [2.05, 4.69) is 15.5 Å². The summed E-state index contributed by atoms with van der Waals surface area (Å²) in [5, 5.41) is 11.2. The lowest BCUT2D eigenvalue weighted by Gasteiger charge is -2.30. The Balaban J connectivity index is 1.43. The fourth-order valence-corrected chi connectivity index (χ4v) is 3.32. The van der Waals surface area contributed by atoms with Gasteiger partial charge < -0.3 is 14.6 Å². The Bertz CT molecular complexity index is 831. The number of benzene rings is 1. The van der Waals surface area contributed by atoms with Crippen molar-refractivity contribution in [2.24, 2.45) is 0 Å². The summed E-state index contributed by atoms with van der Waals surface area (Å²) in [6.45, 7) is 2.51. The second-order valence-electron chi connectivity index (χ2n) is 6.31. The van der Waals surface area contributed by atoms with E-state index < -0.39 is 0 Å². The van der Waals surface area contributed by atoms with Crippen molar-refractivity contribution in [3.8, 4) is 5.75 Å². The van der Waals surface area contributed by atoms with E-state index in [9.17, 15) is 9.59 Å². The van der Waals surface area contributed by atoms with Gasteiger partial charge in [-0.3, -0.25) is 14.5 Å².